The monoisotopic (exact) mass is 371 g/mol. The molecule has 3 saturated heterocycles. The predicted molar refractivity (Wildman–Crippen MR) is 94.9 cm³/mol. The van der Waals surface area contributed by atoms with Gasteiger partial charge in [-0.3, -0.25) is 14.3 Å². The molecule has 134 valence electrons. The molecule has 2 bridgehead atoms. The van der Waals surface area contributed by atoms with Crippen molar-refractivity contribution in [3.8, 4) is 0 Å². The first-order valence-electron chi connectivity index (χ1n) is 8.85. The van der Waals surface area contributed by atoms with Crippen LogP contribution in [-0.4, -0.2) is 33.8 Å². The number of anilines is 1. The molecule has 4 heterocycles. The molecule has 0 unspecified atom stereocenters. The van der Waals surface area contributed by atoms with Crippen LogP contribution in [0.1, 0.15) is 24.1 Å². The number of benzene rings is 1. The molecule has 0 N–H and O–H groups in total. The van der Waals surface area contributed by atoms with E-state index >= 15 is 0 Å². The Morgan fingerprint density at radius 2 is 1.81 bits per heavy atom. The van der Waals surface area contributed by atoms with Crippen molar-refractivity contribution < 1.29 is 14.3 Å². The van der Waals surface area contributed by atoms with Gasteiger partial charge in [-0.2, -0.15) is 5.10 Å². The van der Waals surface area contributed by atoms with Gasteiger partial charge in [0.15, 0.2) is 5.82 Å². The van der Waals surface area contributed by atoms with E-state index in [-0.39, 0.29) is 35.9 Å². The standard InChI is InChI=1S/C19H18ClN3O3/c1-10-8-15(21-22(10)9-11-4-2-3-5-12(11)20)23-18(24)16-13-6-7-14(26-13)17(16)19(23)25/h2-5,8,13-14,16-17H,6-7,9H2,1H3/t13-,14-,16-,17+/m0/s1. The summed E-state index contributed by atoms with van der Waals surface area (Å²) in [7, 11) is 0. The zero-order valence-corrected chi connectivity index (χ0v) is 15.0. The van der Waals surface area contributed by atoms with Gasteiger partial charge < -0.3 is 4.74 Å². The third-order valence-electron chi connectivity index (χ3n) is 5.76. The minimum atomic E-state index is -0.338. The number of amides is 2. The summed E-state index contributed by atoms with van der Waals surface area (Å²) >= 11 is 6.24. The fourth-order valence-corrected chi connectivity index (χ4v) is 4.68. The number of halogens is 1. The number of nitrogens with zero attached hydrogens (tertiary/aromatic N) is 3. The van der Waals surface area contributed by atoms with E-state index in [0.29, 0.717) is 17.4 Å². The summed E-state index contributed by atoms with van der Waals surface area (Å²) in [6.45, 7) is 2.40. The first kappa shape index (κ1) is 16.0. The van der Waals surface area contributed by atoms with Crippen LogP contribution in [0.4, 0.5) is 5.82 Å². The Morgan fingerprint density at radius 3 is 2.46 bits per heavy atom. The maximum Gasteiger partial charge on any atom is 0.241 e. The van der Waals surface area contributed by atoms with Crippen LogP contribution >= 0.6 is 11.6 Å². The average Bonchev–Trinajstić information content (AvgIpc) is 3.35. The van der Waals surface area contributed by atoms with Crippen molar-refractivity contribution >= 4 is 29.2 Å². The van der Waals surface area contributed by atoms with Gasteiger partial charge in [0.2, 0.25) is 11.8 Å². The second-order valence-corrected chi connectivity index (χ2v) is 7.65. The first-order valence-corrected chi connectivity index (χ1v) is 9.23. The number of imide groups is 1. The molecule has 3 aliphatic rings. The topological polar surface area (TPSA) is 64.4 Å². The molecule has 1 aromatic heterocycles. The van der Waals surface area contributed by atoms with Crippen LogP contribution in [0.3, 0.4) is 0 Å². The number of hydrogen-bond donors (Lipinski definition) is 0. The molecule has 26 heavy (non-hydrogen) atoms. The van der Waals surface area contributed by atoms with Gasteiger partial charge in [-0.15, -0.1) is 0 Å². The highest BCUT2D eigenvalue weighted by Gasteiger charge is 2.63. The quantitative estimate of drug-likeness (QED) is 0.778. The average molecular weight is 372 g/mol. The van der Waals surface area contributed by atoms with Crippen LogP contribution in [0, 0.1) is 18.8 Å². The van der Waals surface area contributed by atoms with Gasteiger partial charge in [0, 0.05) is 16.8 Å². The van der Waals surface area contributed by atoms with Crippen LogP contribution in [0.2, 0.25) is 5.02 Å². The minimum Gasteiger partial charge on any atom is -0.373 e. The SMILES string of the molecule is Cc1cc(N2C(=O)[C@@H]3[C@H](C2=O)[C@@H]2CC[C@@H]3O2)nn1Cc1ccccc1Cl. The zero-order chi connectivity index (χ0) is 18.0. The Hall–Kier alpha value is -2.18. The van der Waals surface area contributed by atoms with Crippen molar-refractivity contribution in [2.45, 2.75) is 38.5 Å². The van der Waals surface area contributed by atoms with Crippen LogP contribution in [0.25, 0.3) is 0 Å². The molecule has 3 fully saturated rings. The molecule has 3 aliphatic heterocycles. The third kappa shape index (κ3) is 2.18. The summed E-state index contributed by atoms with van der Waals surface area (Å²) in [5, 5.41) is 5.20. The minimum absolute atomic E-state index is 0.113. The Bertz CT molecular complexity index is 897. The van der Waals surface area contributed by atoms with Crippen molar-refractivity contribution in [1.29, 1.82) is 0 Å². The smallest absolute Gasteiger partial charge is 0.241 e. The van der Waals surface area contributed by atoms with Crippen molar-refractivity contribution in [2.24, 2.45) is 11.8 Å². The highest BCUT2D eigenvalue weighted by molar-refractivity contribution is 6.31. The van der Waals surface area contributed by atoms with Crippen LogP contribution in [0.15, 0.2) is 30.3 Å². The van der Waals surface area contributed by atoms with E-state index in [1.54, 1.807) is 10.7 Å². The fourth-order valence-electron chi connectivity index (χ4n) is 4.49. The second kappa shape index (κ2) is 5.66. The number of hydrogen-bond acceptors (Lipinski definition) is 4. The zero-order valence-electron chi connectivity index (χ0n) is 14.3. The highest BCUT2D eigenvalue weighted by atomic mass is 35.5. The Kier molecular flexibility index (Phi) is 3.49. The lowest BCUT2D eigenvalue weighted by molar-refractivity contribution is -0.124. The number of rotatable bonds is 3. The summed E-state index contributed by atoms with van der Waals surface area (Å²) in [6.07, 6.45) is 1.49. The number of carbonyl (C=O) groups excluding carboxylic acids is 2. The van der Waals surface area contributed by atoms with Crippen LogP contribution in [0.5, 0.6) is 0 Å². The Labute approximate surface area is 155 Å². The van der Waals surface area contributed by atoms with Gasteiger partial charge in [0.1, 0.15) is 0 Å². The van der Waals surface area contributed by atoms with Crippen molar-refractivity contribution in [2.75, 3.05) is 4.90 Å². The number of carbonyl (C=O) groups is 2. The lowest BCUT2D eigenvalue weighted by Crippen LogP contribution is -2.34. The molecule has 0 saturated carbocycles. The number of aryl methyl sites for hydroxylation is 1. The van der Waals surface area contributed by atoms with Crippen molar-refractivity contribution in [1.82, 2.24) is 9.78 Å². The molecule has 6 nitrogen and oxygen atoms in total. The van der Waals surface area contributed by atoms with E-state index < -0.39 is 0 Å². The molecule has 0 radical (unpaired) electrons. The number of aromatic nitrogens is 2. The van der Waals surface area contributed by atoms with E-state index in [1.165, 1.54) is 4.90 Å². The van der Waals surface area contributed by atoms with Crippen LogP contribution < -0.4 is 4.90 Å². The third-order valence-corrected chi connectivity index (χ3v) is 6.13. The molecular formula is C19H18ClN3O3. The number of fused-ring (bicyclic) bond motifs is 5. The number of ether oxygens (including phenoxy) is 1. The summed E-state index contributed by atoms with van der Waals surface area (Å²) in [5.74, 6) is -0.618. The molecule has 7 heteroatoms. The van der Waals surface area contributed by atoms with Gasteiger partial charge in [0.25, 0.3) is 0 Å². The van der Waals surface area contributed by atoms with E-state index in [1.807, 2.05) is 31.2 Å². The highest BCUT2D eigenvalue weighted by Crippen LogP contribution is 2.49. The van der Waals surface area contributed by atoms with Gasteiger partial charge in [-0.1, -0.05) is 29.8 Å². The molecule has 4 atom stereocenters. The van der Waals surface area contributed by atoms with Crippen molar-refractivity contribution in [3.63, 3.8) is 0 Å². The van der Waals surface area contributed by atoms with E-state index in [0.717, 1.165) is 24.1 Å². The lowest BCUT2D eigenvalue weighted by atomic mass is 9.81. The Morgan fingerprint density at radius 1 is 1.15 bits per heavy atom. The van der Waals surface area contributed by atoms with Gasteiger partial charge in [0.05, 0.1) is 30.6 Å². The van der Waals surface area contributed by atoms with Gasteiger partial charge in [-0.25, -0.2) is 4.90 Å². The van der Waals surface area contributed by atoms with Crippen LogP contribution in [-0.2, 0) is 20.9 Å². The maximum absolute atomic E-state index is 12.9. The Balaban J connectivity index is 1.46. The molecule has 0 aliphatic carbocycles. The second-order valence-electron chi connectivity index (χ2n) is 7.25. The van der Waals surface area contributed by atoms with Crippen molar-refractivity contribution in [3.05, 3.63) is 46.6 Å². The molecular weight excluding hydrogens is 354 g/mol. The molecule has 0 spiro atoms. The lowest BCUT2D eigenvalue weighted by Gasteiger charge is -2.15. The normalized spacial score (nSPS) is 29.7. The summed E-state index contributed by atoms with van der Waals surface area (Å²) in [5.41, 5.74) is 1.81. The molecule has 5 rings (SSSR count). The predicted octanol–water partition coefficient (Wildman–Crippen LogP) is 2.56. The first-order chi connectivity index (χ1) is 12.5. The summed E-state index contributed by atoms with van der Waals surface area (Å²) < 4.78 is 7.55. The summed E-state index contributed by atoms with van der Waals surface area (Å²) in [6, 6.07) is 9.36. The van der Waals surface area contributed by atoms with E-state index in [2.05, 4.69) is 5.10 Å². The molecule has 2 aromatic rings. The largest absolute Gasteiger partial charge is 0.373 e. The summed E-state index contributed by atoms with van der Waals surface area (Å²) in [4.78, 5) is 27.0. The van der Waals surface area contributed by atoms with E-state index in [4.69, 9.17) is 16.3 Å². The van der Waals surface area contributed by atoms with Gasteiger partial charge >= 0.3 is 0 Å². The molecule has 1 aromatic carbocycles. The van der Waals surface area contributed by atoms with Gasteiger partial charge in [-0.05, 0) is 31.4 Å². The fraction of sp³-hybridized carbons (Fsp3) is 0.421. The maximum atomic E-state index is 12.9. The molecule has 2 amide bonds. The van der Waals surface area contributed by atoms with E-state index in [9.17, 15) is 9.59 Å².